The molecule has 2 atom stereocenters. The van der Waals surface area contributed by atoms with Crippen LogP contribution in [0.3, 0.4) is 0 Å². The summed E-state index contributed by atoms with van der Waals surface area (Å²) in [5.41, 5.74) is 0. The molecule has 0 bridgehead atoms. The Kier molecular flexibility index (Phi) is 3.90. The van der Waals surface area contributed by atoms with Gasteiger partial charge in [-0.25, -0.2) is 0 Å². The molecule has 18 heavy (non-hydrogen) atoms. The average molecular weight is 251 g/mol. The molecule has 2 aliphatic rings. The summed E-state index contributed by atoms with van der Waals surface area (Å²) < 4.78 is 11.0. The quantitative estimate of drug-likeness (QED) is 0.885. The van der Waals surface area contributed by atoms with Crippen LogP contribution in [0.2, 0.25) is 0 Å². The van der Waals surface area contributed by atoms with Crippen LogP contribution in [0.5, 0.6) is 0 Å². The van der Waals surface area contributed by atoms with Crippen molar-refractivity contribution in [1.82, 2.24) is 15.5 Å². The van der Waals surface area contributed by atoms with E-state index in [0.29, 0.717) is 5.92 Å². The fourth-order valence-corrected chi connectivity index (χ4v) is 2.75. The lowest BCUT2D eigenvalue weighted by Gasteiger charge is -2.21. The van der Waals surface area contributed by atoms with Gasteiger partial charge in [0.25, 0.3) is 0 Å². The Morgan fingerprint density at radius 3 is 3.00 bits per heavy atom. The van der Waals surface area contributed by atoms with Crippen LogP contribution in [0.25, 0.3) is 0 Å². The Bertz CT molecular complexity index is 368. The average Bonchev–Trinajstić information content (AvgIpc) is 2.89. The predicted octanol–water partition coefficient (Wildman–Crippen LogP) is 1.65. The molecule has 2 fully saturated rings. The van der Waals surface area contributed by atoms with Crippen LogP contribution in [0.15, 0.2) is 4.52 Å². The first-order valence-corrected chi connectivity index (χ1v) is 7.06. The molecule has 0 radical (unpaired) electrons. The van der Waals surface area contributed by atoms with E-state index in [9.17, 15) is 0 Å². The van der Waals surface area contributed by atoms with Crippen LogP contribution in [0.1, 0.15) is 49.7 Å². The zero-order valence-electron chi connectivity index (χ0n) is 10.7. The monoisotopic (exact) mass is 251 g/mol. The zero-order chi connectivity index (χ0) is 12.2. The smallest absolute Gasteiger partial charge is 0.229 e. The molecule has 1 aromatic heterocycles. The molecule has 5 nitrogen and oxygen atoms in total. The van der Waals surface area contributed by atoms with Crippen LogP contribution < -0.4 is 5.32 Å². The van der Waals surface area contributed by atoms with Crippen molar-refractivity contribution in [2.45, 2.75) is 50.5 Å². The van der Waals surface area contributed by atoms with Gasteiger partial charge in [-0.15, -0.1) is 0 Å². The Hall–Kier alpha value is -0.940. The first-order valence-electron chi connectivity index (χ1n) is 7.06. The van der Waals surface area contributed by atoms with E-state index in [2.05, 4.69) is 15.5 Å². The van der Waals surface area contributed by atoms with Gasteiger partial charge in [-0.2, -0.15) is 4.98 Å². The number of hydrogen-bond acceptors (Lipinski definition) is 5. The maximum Gasteiger partial charge on any atom is 0.229 e. The van der Waals surface area contributed by atoms with Gasteiger partial charge in [-0.05, 0) is 38.6 Å². The number of piperidine rings is 1. The van der Waals surface area contributed by atoms with E-state index in [1.165, 1.54) is 19.3 Å². The van der Waals surface area contributed by atoms with Crippen molar-refractivity contribution in [3.05, 3.63) is 11.7 Å². The highest BCUT2D eigenvalue weighted by Gasteiger charge is 2.22. The number of aromatic nitrogens is 2. The van der Waals surface area contributed by atoms with Gasteiger partial charge in [0, 0.05) is 19.1 Å². The summed E-state index contributed by atoms with van der Waals surface area (Å²) in [6.07, 6.45) is 6.94. The molecule has 100 valence electrons. The summed E-state index contributed by atoms with van der Waals surface area (Å²) in [6.45, 7) is 2.95. The van der Waals surface area contributed by atoms with Gasteiger partial charge in [-0.3, -0.25) is 0 Å². The van der Waals surface area contributed by atoms with Crippen LogP contribution in [0.4, 0.5) is 0 Å². The van der Waals surface area contributed by atoms with Crippen LogP contribution in [0, 0.1) is 0 Å². The van der Waals surface area contributed by atoms with E-state index in [0.717, 1.165) is 50.7 Å². The van der Waals surface area contributed by atoms with E-state index in [1.807, 2.05) is 0 Å². The van der Waals surface area contributed by atoms with Gasteiger partial charge in [0.1, 0.15) is 0 Å². The van der Waals surface area contributed by atoms with Crippen molar-refractivity contribution in [3.63, 3.8) is 0 Å². The number of nitrogens with one attached hydrogen (secondary N) is 1. The molecule has 1 aromatic rings. The maximum absolute atomic E-state index is 5.70. The standard InChI is InChI=1S/C13H21N3O2/c1-2-7-17-11(5-1)8-12-15-13(16-18-12)10-4-3-6-14-9-10/h10-11,14H,1-9H2. The third kappa shape index (κ3) is 2.90. The second-order valence-corrected chi connectivity index (χ2v) is 5.28. The molecule has 1 N–H and O–H groups in total. The highest BCUT2D eigenvalue weighted by Crippen LogP contribution is 2.22. The molecule has 3 heterocycles. The minimum atomic E-state index is 0.275. The minimum absolute atomic E-state index is 0.275. The number of ether oxygens (including phenoxy) is 1. The van der Waals surface area contributed by atoms with E-state index < -0.39 is 0 Å². The lowest BCUT2D eigenvalue weighted by atomic mass is 9.99. The Labute approximate surface area is 107 Å². The van der Waals surface area contributed by atoms with Crippen LogP contribution in [-0.4, -0.2) is 35.9 Å². The Balaban J connectivity index is 1.58. The summed E-state index contributed by atoms with van der Waals surface area (Å²) in [5, 5.41) is 7.50. The third-order valence-corrected chi connectivity index (χ3v) is 3.82. The number of nitrogens with zero attached hydrogens (tertiary/aromatic N) is 2. The lowest BCUT2D eigenvalue weighted by Crippen LogP contribution is -2.29. The highest BCUT2D eigenvalue weighted by molar-refractivity contribution is 4.99. The van der Waals surface area contributed by atoms with E-state index in [-0.39, 0.29) is 6.10 Å². The fourth-order valence-electron chi connectivity index (χ4n) is 2.75. The molecular formula is C13H21N3O2. The molecule has 0 saturated carbocycles. The first-order chi connectivity index (χ1) is 8.92. The van der Waals surface area contributed by atoms with Crippen LogP contribution >= 0.6 is 0 Å². The van der Waals surface area contributed by atoms with Crippen molar-refractivity contribution in [2.24, 2.45) is 0 Å². The number of rotatable bonds is 3. The number of hydrogen-bond donors (Lipinski definition) is 1. The topological polar surface area (TPSA) is 60.2 Å². The molecule has 2 saturated heterocycles. The second kappa shape index (κ2) is 5.80. The summed E-state index contributed by atoms with van der Waals surface area (Å²) in [7, 11) is 0. The van der Waals surface area contributed by atoms with Gasteiger partial charge in [-0.1, -0.05) is 5.16 Å². The van der Waals surface area contributed by atoms with E-state index >= 15 is 0 Å². The van der Waals surface area contributed by atoms with Gasteiger partial charge in [0.2, 0.25) is 5.89 Å². The van der Waals surface area contributed by atoms with Gasteiger partial charge in [0.05, 0.1) is 12.5 Å². The maximum atomic E-state index is 5.70. The van der Waals surface area contributed by atoms with E-state index in [4.69, 9.17) is 9.26 Å². The Morgan fingerprint density at radius 2 is 2.22 bits per heavy atom. The largest absolute Gasteiger partial charge is 0.378 e. The van der Waals surface area contributed by atoms with Crippen molar-refractivity contribution in [2.75, 3.05) is 19.7 Å². The summed E-state index contributed by atoms with van der Waals surface area (Å²) >= 11 is 0. The highest BCUT2D eigenvalue weighted by atomic mass is 16.5. The molecule has 0 spiro atoms. The fraction of sp³-hybridized carbons (Fsp3) is 0.846. The van der Waals surface area contributed by atoms with Gasteiger partial charge in [0.15, 0.2) is 5.82 Å². The summed E-state index contributed by atoms with van der Waals surface area (Å²) in [5.74, 6) is 2.03. The molecule has 0 amide bonds. The molecule has 0 aromatic carbocycles. The van der Waals surface area contributed by atoms with E-state index in [1.54, 1.807) is 0 Å². The zero-order valence-corrected chi connectivity index (χ0v) is 10.7. The van der Waals surface area contributed by atoms with Crippen LogP contribution in [-0.2, 0) is 11.2 Å². The van der Waals surface area contributed by atoms with Gasteiger partial charge < -0.3 is 14.6 Å². The second-order valence-electron chi connectivity index (χ2n) is 5.28. The third-order valence-electron chi connectivity index (χ3n) is 3.82. The molecule has 5 heteroatoms. The molecule has 2 aliphatic heterocycles. The molecule has 3 rings (SSSR count). The molecular weight excluding hydrogens is 230 g/mol. The minimum Gasteiger partial charge on any atom is -0.378 e. The van der Waals surface area contributed by atoms with Crippen molar-refractivity contribution < 1.29 is 9.26 Å². The van der Waals surface area contributed by atoms with Crippen molar-refractivity contribution in [1.29, 1.82) is 0 Å². The lowest BCUT2D eigenvalue weighted by molar-refractivity contribution is 0.0124. The molecule has 2 unspecified atom stereocenters. The summed E-state index contributed by atoms with van der Waals surface area (Å²) in [4.78, 5) is 4.53. The van der Waals surface area contributed by atoms with Crippen molar-refractivity contribution in [3.8, 4) is 0 Å². The predicted molar refractivity (Wildman–Crippen MR) is 66.4 cm³/mol. The molecule has 0 aliphatic carbocycles. The Morgan fingerprint density at radius 1 is 1.22 bits per heavy atom. The normalized spacial score (nSPS) is 29.3. The SMILES string of the molecule is C1CCC(Cc2nc(C3CCCNC3)no2)OC1. The first kappa shape index (κ1) is 12.1. The van der Waals surface area contributed by atoms with Gasteiger partial charge >= 0.3 is 0 Å². The van der Waals surface area contributed by atoms with Crippen molar-refractivity contribution >= 4 is 0 Å². The summed E-state index contributed by atoms with van der Waals surface area (Å²) in [6, 6.07) is 0.